The van der Waals surface area contributed by atoms with Crippen LogP contribution in [0.4, 0.5) is 0 Å². The second-order valence-corrected chi connectivity index (χ2v) is 7.42. The van der Waals surface area contributed by atoms with Crippen LogP contribution in [0.1, 0.15) is 91.9 Å². The number of rotatable bonds is 9. The third-order valence-corrected chi connectivity index (χ3v) is 5.21. The highest BCUT2D eigenvalue weighted by molar-refractivity contribution is 5.81. The fourth-order valence-corrected chi connectivity index (χ4v) is 3.84. The number of carbonyl (C=O) groups excluding carboxylic acids is 1. The molecule has 118 valence electrons. The van der Waals surface area contributed by atoms with Crippen LogP contribution in [-0.2, 0) is 4.79 Å². The topological polar surface area (TPSA) is 17.1 Å². The van der Waals surface area contributed by atoms with E-state index in [0.29, 0.717) is 23.5 Å². The Labute approximate surface area is 126 Å². The molecular formula is C19H36O. The molecule has 0 heterocycles. The molecular weight excluding hydrogens is 244 g/mol. The van der Waals surface area contributed by atoms with Gasteiger partial charge in [0, 0.05) is 12.3 Å². The molecule has 3 unspecified atom stereocenters. The van der Waals surface area contributed by atoms with Crippen molar-refractivity contribution in [3.05, 3.63) is 0 Å². The van der Waals surface area contributed by atoms with Crippen LogP contribution in [0.3, 0.4) is 0 Å². The van der Waals surface area contributed by atoms with Crippen LogP contribution in [-0.4, -0.2) is 5.78 Å². The highest BCUT2D eigenvalue weighted by Gasteiger charge is 2.34. The molecule has 1 aliphatic carbocycles. The molecule has 0 N–H and O–H groups in total. The average Bonchev–Trinajstić information content (AvgIpc) is 2.42. The first kappa shape index (κ1) is 17.7. The van der Waals surface area contributed by atoms with E-state index in [1.807, 2.05) is 0 Å². The van der Waals surface area contributed by atoms with Gasteiger partial charge in [-0.25, -0.2) is 0 Å². The van der Waals surface area contributed by atoms with E-state index in [2.05, 4.69) is 27.7 Å². The largest absolute Gasteiger partial charge is 0.299 e. The predicted octanol–water partition coefficient (Wildman–Crippen LogP) is 6.01. The minimum atomic E-state index is 0.370. The van der Waals surface area contributed by atoms with E-state index in [1.54, 1.807) is 0 Å². The van der Waals surface area contributed by atoms with Crippen LogP contribution in [0.15, 0.2) is 0 Å². The quantitative estimate of drug-likeness (QED) is 0.472. The third kappa shape index (κ3) is 5.97. The van der Waals surface area contributed by atoms with Crippen LogP contribution < -0.4 is 0 Å². The molecule has 3 atom stereocenters. The van der Waals surface area contributed by atoms with Crippen molar-refractivity contribution in [2.75, 3.05) is 0 Å². The van der Waals surface area contributed by atoms with Gasteiger partial charge < -0.3 is 0 Å². The summed E-state index contributed by atoms with van der Waals surface area (Å²) in [5.74, 6) is 3.02. The van der Waals surface area contributed by atoms with Gasteiger partial charge in [0.2, 0.25) is 0 Å². The lowest BCUT2D eigenvalue weighted by Crippen LogP contribution is -2.33. The van der Waals surface area contributed by atoms with Gasteiger partial charge in [-0.05, 0) is 37.0 Å². The minimum Gasteiger partial charge on any atom is -0.299 e. The summed E-state index contributed by atoms with van der Waals surface area (Å²) in [6, 6.07) is 0. The first-order valence-corrected chi connectivity index (χ1v) is 9.09. The molecule has 1 heteroatoms. The van der Waals surface area contributed by atoms with E-state index in [9.17, 15) is 4.79 Å². The number of ketones is 1. The molecule has 1 aliphatic rings. The summed E-state index contributed by atoms with van der Waals surface area (Å²) in [5.41, 5.74) is 0. The molecule has 0 aromatic heterocycles. The van der Waals surface area contributed by atoms with Gasteiger partial charge in [-0.15, -0.1) is 0 Å². The van der Waals surface area contributed by atoms with Gasteiger partial charge in [0.1, 0.15) is 5.78 Å². The second kappa shape index (κ2) is 9.58. The number of carbonyl (C=O) groups is 1. The van der Waals surface area contributed by atoms with Crippen LogP contribution in [0.5, 0.6) is 0 Å². The Morgan fingerprint density at radius 3 is 2.35 bits per heavy atom. The van der Waals surface area contributed by atoms with Crippen LogP contribution in [0.2, 0.25) is 0 Å². The molecule has 0 aromatic carbocycles. The predicted molar refractivity (Wildman–Crippen MR) is 87.8 cm³/mol. The van der Waals surface area contributed by atoms with Gasteiger partial charge in [-0.3, -0.25) is 4.79 Å². The van der Waals surface area contributed by atoms with Crippen molar-refractivity contribution in [3.63, 3.8) is 0 Å². The van der Waals surface area contributed by atoms with Crippen LogP contribution in [0.25, 0.3) is 0 Å². The maximum atomic E-state index is 12.5. The Morgan fingerprint density at radius 2 is 1.70 bits per heavy atom. The molecule has 1 saturated carbocycles. The minimum absolute atomic E-state index is 0.370. The lowest BCUT2D eigenvalue weighted by atomic mass is 9.68. The number of Topliss-reactive ketones (excluding diaryl/α,β-unsaturated/α-hetero) is 1. The Balaban J connectivity index is 2.31. The smallest absolute Gasteiger partial charge is 0.136 e. The summed E-state index contributed by atoms with van der Waals surface area (Å²) in [6.45, 7) is 9.17. The zero-order valence-corrected chi connectivity index (χ0v) is 14.3. The van der Waals surface area contributed by atoms with E-state index in [1.165, 1.54) is 44.9 Å². The summed E-state index contributed by atoms with van der Waals surface area (Å²) in [7, 11) is 0. The third-order valence-electron chi connectivity index (χ3n) is 5.21. The fraction of sp³-hybridized carbons (Fsp3) is 0.947. The van der Waals surface area contributed by atoms with E-state index < -0.39 is 0 Å². The van der Waals surface area contributed by atoms with Crippen molar-refractivity contribution in [1.82, 2.24) is 0 Å². The first-order valence-electron chi connectivity index (χ1n) is 9.09. The molecule has 0 aliphatic heterocycles. The number of hydrogen-bond acceptors (Lipinski definition) is 1. The monoisotopic (exact) mass is 280 g/mol. The molecule has 0 bridgehead atoms. The average molecular weight is 280 g/mol. The summed E-state index contributed by atoms with van der Waals surface area (Å²) >= 11 is 0. The zero-order valence-electron chi connectivity index (χ0n) is 14.3. The molecule has 1 fully saturated rings. The first-order chi connectivity index (χ1) is 9.56. The van der Waals surface area contributed by atoms with Crippen molar-refractivity contribution < 1.29 is 4.79 Å². The van der Waals surface area contributed by atoms with Crippen molar-refractivity contribution >= 4 is 5.78 Å². The molecule has 20 heavy (non-hydrogen) atoms. The highest BCUT2D eigenvalue weighted by Crippen LogP contribution is 2.39. The van der Waals surface area contributed by atoms with Gasteiger partial charge in [0.15, 0.2) is 0 Å². The SMILES string of the molecule is CCCCCCCCC(=O)C1CC(C)CCC1C(C)C. The van der Waals surface area contributed by atoms with Gasteiger partial charge >= 0.3 is 0 Å². The molecule has 1 nitrogen and oxygen atoms in total. The molecule has 0 saturated heterocycles. The van der Waals surface area contributed by atoms with E-state index >= 15 is 0 Å². The maximum Gasteiger partial charge on any atom is 0.136 e. The summed E-state index contributed by atoms with van der Waals surface area (Å²) < 4.78 is 0. The summed E-state index contributed by atoms with van der Waals surface area (Å²) in [6.07, 6.45) is 12.3. The van der Waals surface area contributed by atoms with E-state index in [4.69, 9.17) is 0 Å². The van der Waals surface area contributed by atoms with Gasteiger partial charge in [-0.1, -0.05) is 66.2 Å². The molecule has 0 amide bonds. The zero-order chi connectivity index (χ0) is 15.0. The fourth-order valence-electron chi connectivity index (χ4n) is 3.84. The van der Waals surface area contributed by atoms with Crippen molar-refractivity contribution in [3.8, 4) is 0 Å². The van der Waals surface area contributed by atoms with E-state index in [-0.39, 0.29) is 0 Å². The Bertz CT molecular complexity index is 269. The Kier molecular flexibility index (Phi) is 8.49. The molecule has 1 rings (SSSR count). The van der Waals surface area contributed by atoms with Crippen molar-refractivity contribution in [2.24, 2.45) is 23.7 Å². The number of hydrogen-bond donors (Lipinski definition) is 0. The normalized spacial score (nSPS) is 26.9. The van der Waals surface area contributed by atoms with Crippen molar-refractivity contribution in [1.29, 1.82) is 0 Å². The highest BCUT2D eigenvalue weighted by atomic mass is 16.1. The Hall–Kier alpha value is -0.330. The van der Waals surface area contributed by atoms with Crippen LogP contribution in [0, 0.1) is 23.7 Å². The molecule has 0 spiro atoms. The van der Waals surface area contributed by atoms with Gasteiger partial charge in [0.25, 0.3) is 0 Å². The second-order valence-electron chi connectivity index (χ2n) is 7.42. The van der Waals surface area contributed by atoms with Crippen LogP contribution >= 0.6 is 0 Å². The van der Waals surface area contributed by atoms with E-state index in [0.717, 1.165) is 25.2 Å². The lowest BCUT2D eigenvalue weighted by molar-refractivity contribution is -0.127. The van der Waals surface area contributed by atoms with Gasteiger partial charge in [-0.2, -0.15) is 0 Å². The summed E-state index contributed by atoms with van der Waals surface area (Å²) in [4.78, 5) is 12.5. The maximum absolute atomic E-state index is 12.5. The Morgan fingerprint density at radius 1 is 1.05 bits per heavy atom. The number of unbranched alkanes of at least 4 members (excludes halogenated alkanes) is 5. The molecule has 0 radical (unpaired) electrons. The molecule has 0 aromatic rings. The lowest BCUT2D eigenvalue weighted by Gasteiger charge is -2.36. The van der Waals surface area contributed by atoms with Crippen molar-refractivity contribution in [2.45, 2.75) is 91.9 Å². The van der Waals surface area contributed by atoms with Gasteiger partial charge in [0.05, 0.1) is 0 Å². The summed E-state index contributed by atoms with van der Waals surface area (Å²) in [5, 5.41) is 0. The standard InChI is InChI=1S/C19H36O/c1-5-6-7-8-9-10-11-19(20)18-14-16(4)12-13-17(18)15(2)3/h15-18H,5-14H2,1-4H3.